The Morgan fingerprint density at radius 2 is 2.05 bits per heavy atom. The van der Waals surface area contributed by atoms with Crippen molar-refractivity contribution in [2.75, 3.05) is 32.4 Å². The summed E-state index contributed by atoms with van der Waals surface area (Å²) in [5, 5.41) is 2.63. The monoisotopic (exact) mass is 334 g/mol. The highest BCUT2D eigenvalue weighted by Gasteiger charge is 2.20. The van der Waals surface area contributed by atoms with Gasteiger partial charge in [-0.2, -0.15) is 0 Å². The number of hydrogen-bond acceptors (Lipinski definition) is 4. The number of benzene rings is 1. The van der Waals surface area contributed by atoms with Crippen LogP contribution in [-0.2, 0) is 14.8 Å². The van der Waals surface area contributed by atoms with E-state index in [9.17, 15) is 13.2 Å². The largest absolute Gasteiger partial charge is 0.495 e. The molecule has 0 bridgehead atoms. The van der Waals surface area contributed by atoms with Crippen molar-refractivity contribution in [3.63, 3.8) is 0 Å². The molecule has 0 aliphatic rings. The Balaban J connectivity index is 3.22. The third-order valence-corrected chi connectivity index (χ3v) is 5.16. The van der Waals surface area contributed by atoms with Crippen LogP contribution in [0.15, 0.2) is 23.1 Å². The van der Waals surface area contributed by atoms with Crippen LogP contribution in [0.5, 0.6) is 5.75 Å². The van der Waals surface area contributed by atoms with Crippen LogP contribution >= 0.6 is 11.6 Å². The molecule has 0 spiro atoms. The summed E-state index contributed by atoms with van der Waals surface area (Å²) < 4.78 is 30.5. The number of anilines is 1. The Morgan fingerprint density at radius 1 is 1.43 bits per heavy atom. The molecule has 1 atom stereocenters. The van der Waals surface area contributed by atoms with Gasteiger partial charge in [-0.3, -0.25) is 4.79 Å². The zero-order chi connectivity index (χ0) is 16.2. The Bertz CT molecular complexity index is 617. The fourth-order valence-corrected chi connectivity index (χ4v) is 2.55. The molecule has 0 heterocycles. The zero-order valence-electron chi connectivity index (χ0n) is 12.4. The lowest BCUT2D eigenvalue weighted by atomic mass is 10.2. The number of sulfonamides is 1. The van der Waals surface area contributed by atoms with Gasteiger partial charge in [0.1, 0.15) is 5.75 Å². The van der Waals surface area contributed by atoms with Gasteiger partial charge in [-0.25, -0.2) is 12.7 Å². The number of carbonyl (C=O) groups excluding carboxylic acids is 1. The smallest absolute Gasteiger partial charge is 0.242 e. The van der Waals surface area contributed by atoms with Gasteiger partial charge in [0.25, 0.3) is 0 Å². The van der Waals surface area contributed by atoms with Gasteiger partial charge in [-0.15, -0.1) is 11.6 Å². The molecule has 1 aromatic carbocycles. The predicted molar refractivity (Wildman–Crippen MR) is 82.4 cm³/mol. The van der Waals surface area contributed by atoms with E-state index in [1.54, 1.807) is 6.92 Å². The highest BCUT2D eigenvalue weighted by Crippen LogP contribution is 2.28. The van der Waals surface area contributed by atoms with Gasteiger partial charge in [0.05, 0.1) is 17.7 Å². The number of ether oxygens (including phenoxy) is 1. The topological polar surface area (TPSA) is 75.7 Å². The summed E-state index contributed by atoms with van der Waals surface area (Å²) >= 11 is 5.64. The number of amides is 1. The van der Waals surface area contributed by atoms with Crippen LogP contribution in [0.1, 0.15) is 6.92 Å². The maximum Gasteiger partial charge on any atom is 0.242 e. The molecule has 0 radical (unpaired) electrons. The zero-order valence-corrected chi connectivity index (χ0v) is 14.0. The Morgan fingerprint density at radius 3 is 2.52 bits per heavy atom. The molecule has 0 saturated heterocycles. The van der Waals surface area contributed by atoms with Crippen LogP contribution in [0.3, 0.4) is 0 Å². The van der Waals surface area contributed by atoms with Crippen LogP contribution in [0, 0.1) is 5.92 Å². The highest BCUT2D eigenvalue weighted by atomic mass is 35.5. The molecule has 1 aromatic rings. The van der Waals surface area contributed by atoms with Gasteiger partial charge >= 0.3 is 0 Å². The SMILES string of the molecule is COc1ccc(S(=O)(=O)N(C)C)cc1NC(=O)C(C)CCl. The van der Waals surface area contributed by atoms with Gasteiger partial charge < -0.3 is 10.1 Å². The molecule has 6 nitrogen and oxygen atoms in total. The van der Waals surface area contributed by atoms with Crippen molar-refractivity contribution in [1.82, 2.24) is 4.31 Å². The number of halogens is 1. The molecule has 0 aliphatic heterocycles. The van der Waals surface area contributed by atoms with Gasteiger partial charge in [-0.05, 0) is 18.2 Å². The number of hydrogen-bond donors (Lipinski definition) is 1. The average Bonchev–Trinajstić information content (AvgIpc) is 2.45. The van der Waals surface area contributed by atoms with Gasteiger partial charge in [-0.1, -0.05) is 6.92 Å². The molecule has 1 amide bonds. The third-order valence-electron chi connectivity index (χ3n) is 2.89. The van der Waals surface area contributed by atoms with Gasteiger partial charge in [0, 0.05) is 25.9 Å². The molecule has 118 valence electrons. The normalized spacial score (nSPS) is 13.0. The molecule has 0 aromatic heterocycles. The minimum atomic E-state index is -3.59. The summed E-state index contributed by atoms with van der Waals surface area (Å²) in [6, 6.07) is 4.29. The van der Waals surface area contributed by atoms with Gasteiger partial charge in [0.15, 0.2) is 0 Å². The van der Waals surface area contributed by atoms with Crippen molar-refractivity contribution < 1.29 is 17.9 Å². The molecule has 0 aliphatic carbocycles. The predicted octanol–water partition coefficient (Wildman–Crippen LogP) is 1.76. The molecule has 0 fully saturated rings. The summed E-state index contributed by atoms with van der Waals surface area (Å²) in [6.45, 7) is 1.68. The molecule has 21 heavy (non-hydrogen) atoms. The van der Waals surface area contributed by atoms with Crippen molar-refractivity contribution in [3.05, 3.63) is 18.2 Å². The van der Waals surface area contributed by atoms with Crippen LogP contribution in [0.2, 0.25) is 0 Å². The number of methoxy groups -OCH3 is 1. The summed E-state index contributed by atoms with van der Waals surface area (Å²) in [5.41, 5.74) is 0.294. The Kier molecular flexibility index (Phi) is 6.00. The summed E-state index contributed by atoms with van der Waals surface area (Å²) in [6.07, 6.45) is 0. The van der Waals surface area contributed by atoms with Crippen LogP contribution in [0.4, 0.5) is 5.69 Å². The van der Waals surface area contributed by atoms with E-state index in [-0.39, 0.29) is 16.7 Å². The summed E-state index contributed by atoms with van der Waals surface area (Å²) in [5.74, 6) is -0.153. The number of carbonyl (C=O) groups is 1. The average molecular weight is 335 g/mol. The van der Waals surface area contributed by atoms with Gasteiger partial charge in [0.2, 0.25) is 15.9 Å². The first kappa shape index (κ1) is 17.7. The lowest BCUT2D eigenvalue weighted by molar-refractivity contribution is -0.118. The number of alkyl halides is 1. The highest BCUT2D eigenvalue weighted by molar-refractivity contribution is 7.89. The molecular weight excluding hydrogens is 316 g/mol. The lowest BCUT2D eigenvalue weighted by Crippen LogP contribution is -2.24. The van der Waals surface area contributed by atoms with Crippen molar-refractivity contribution in [1.29, 1.82) is 0 Å². The second kappa shape index (κ2) is 7.11. The Hall–Kier alpha value is -1.31. The minimum Gasteiger partial charge on any atom is -0.495 e. The van der Waals surface area contributed by atoms with E-state index in [2.05, 4.69) is 5.32 Å². The van der Waals surface area contributed by atoms with Crippen LogP contribution in [-0.4, -0.2) is 45.7 Å². The summed E-state index contributed by atoms with van der Waals surface area (Å²) in [4.78, 5) is 12.0. The fourth-order valence-electron chi connectivity index (χ4n) is 1.48. The first-order valence-electron chi connectivity index (χ1n) is 6.21. The fraction of sp³-hybridized carbons (Fsp3) is 0.462. The maximum absolute atomic E-state index is 12.1. The number of nitrogens with zero attached hydrogens (tertiary/aromatic N) is 1. The maximum atomic E-state index is 12.1. The van der Waals surface area contributed by atoms with E-state index in [0.29, 0.717) is 11.4 Å². The van der Waals surface area contributed by atoms with E-state index in [4.69, 9.17) is 16.3 Å². The van der Waals surface area contributed by atoms with Crippen LogP contribution < -0.4 is 10.1 Å². The molecule has 1 N–H and O–H groups in total. The molecule has 0 saturated carbocycles. The third kappa shape index (κ3) is 4.09. The quantitative estimate of drug-likeness (QED) is 0.804. The van der Waals surface area contributed by atoms with Crippen molar-refractivity contribution in [2.24, 2.45) is 5.92 Å². The van der Waals surface area contributed by atoms with E-state index in [1.165, 1.54) is 39.4 Å². The molecule has 8 heteroatoms. The standard InChI is InChI=1S/C13H19ClN2O4S/c1-9(8-14)13(17)15-11-7-10(5-6-12(11)20-4)21(18,19)16(2)3/h5-7,9H,8H2,1-4H3,(H,15,17). The first-order chi connectivity index (χ1) is 9.73. The van der Waals surface area contributed by atoms with Crippen molar-refractivity contribution in [2.45, 2.75) is 11.8 Å². The summed E-state index contributed by atoms with van der Waals surface area (Å²) in [7, 11) is 0.731. The van der Waals surface area contributed by atoms with Crippen molar-refractivity contribution >= 4 is 33.2 Å². The second-order valence-electron chi connectivity index (χ2n) is 4.69. The minimum absolute atomic E-state index is 0.0714. The lowest BCUT2D eigenvalue weighted by Gasteiger charge is -2.16. The number of nitrogens with one attached hydrogen (secondary N) is 1. The van der Waals surface area contributed by atoms with Crippen molar-refractivity contribution in [3.8, 4) is 5.75 Å². The molecule has 1 rings (SSSR count). The molecule has 1 unspecified atom stereocenters. The van der Waals surface area contributed by atoms with E-state index in [1.807, 2.05) is 0 Å². The first-order valence-corrected chi connectivity index (χ1v) is 8.19. The Labute approximate surface area is 130 Å². The molecular formula is C13H19ClN2O4S. The van der Waals surface area contributed by atoms with E-state index in [0.717, 1.165) is 4.31 Å². The van der Waals surface area contributed by atoms with E-state index < -0.39 is 15.9 Å². The second-order valence-corrected chi connectivity index (χ2v) is 7.15. The number of rotatable bonds is 6. The van der Waals surface area contributed by atoms with Crippen LogP contribution in [0.25, 0.3) is 0 Å². The van der Waals surface area contributed by atoms with E-state index >= 15 is 0 Å².